The van der Waals surface area contributed by atoms with E-state index >= 15 is 0 Å². The molecular formula is C20H22N6OS. The van der Waals surface area contributed by atoms with Crippen LogP contribution in [0.3, 0.4) is 0 Å². The van der Waals surface area contributed by atoms with Crippen LogP contribution in [-0.4, -0.2) is 35.7 Å². The molecule has 8 heteroatoms. The highest BCUT2D eigenvalue weighted by Gasteiger charge is 2.24. The zero-order valence-corrected chi connectivity index (χ0v) is 16.5. The Morgan fingerprint density at radius 2 is 2.25 bits per heavy atom. The molecule has 0 spiro atoms. The van der Waals surface area contributed by atoms with Gasteiger partial charge in [-0.3, -0.25) is 9.36 Å². The van der Waals surface area contributed by atoms with Crippen LogP contribution in [0.2, 0.25) is 0 Å². The minimum absolute atomic E-state index is 0.0624. The number of piperidine rings is 1. The molecule has 0 aliphatic carbocycles. The number of aromatic nitrogens is 2. The van der Waals surface area contributed by atoms with Crippen LogP contribution in [0.4, 0.5) is 11.6 Å². The van der Waals surface area contributed by atoms with Gasteiger partial charge in [0, 0.05) is 31.6 Å². The SMILES string of the molecule is CNc1csc2c(=O)n(Cc3ccccc3C#N)c(N3CCCC(N)C3)nc12. The second-order valence-electron chi connectivity index (χ2n) is 7.00. The van der Waals surface area contributed by atoms with Crippen molar-refractivity contribution in [3.8, 4) is 6.07 Å². The molecule has 0 amide bonds. The highest BCUT2D eigenvalue weighted by Crippen LogP contribution is 2.29. The van der Waals surface area contributed by atoms with Gasteiger partial charge >= 0.3 is 0 Å². The molecule has 1 aliphatic rings. The third-order valence-corrected chi connectivity index (χ3v) is 6.09. The van der Waals surface area contributed by atoms with Gasteiger partial charge in [0.25, 0.3) is 5.56 Å². The molecule has 3 heterocycles. The summed E-state index contributed by atoms with van der Waals surface area (Å²) >= 11 is 1.39. The van der Waals surface area contributed by atoms with Crippen LogP contribution in [-0.2, 0) is 6.54 Å². The molecule has 0 saturated carbocycles. The van der Waals surface area contributed by atoms with E-state index in [4.69, 9.17) is 10.7 Å². The summed E-state index contributed by atoms with van der Waals surface area (Å²) in [6, 6.07) is 9.64. The van der Waals surface area contributed by atoms with Crippen molar-refractivity contribution < 1.29 is 0 Å². The van der Waals surface area contributed by atoms with E-state index in [1.165, 1.54) is 11.3 Å². The minimum Gasteiger partial charge on any atom is -0.386 e. The highest BCUT2D eigenvalue weighted by molar-refractivity contribution is 7.17. The minimum atomic E-state index is -0.0848. The van der Waals surface area contributed by atoms with E-state index in [0.29, 0.717) is 34.8 Å². The van der Waals surface area contributed by atoms with Crippen molar-refractivity contribution in [2.75, 3.05) is 30.4 Å². The number of hydrogen-bond donors (Lipinski definition) is 2. The van der Waals surface area contributed by atoms with Crippen molar-refractivity contribution in [1.29, 1.82) is 5.26 Å². The monoisotopic (exact) mass is 394 g/mol. The van der Waals surface area contributed by atoms with Crippen molar-refractivity contribution in [2.24, 2.45) is 5.73 Å². The van der Waals surface area contributed by atoms with Crippen LogP contribution >= 0.6 is 11.3 Å². The smallest absolute Gasteiger partial charge is 0.273 e. The van der Waals surface area contributed by atoms with E-state index in [2.05, 4.69) is 16.3 Å². The van der Waals surface area contributed by atoms with Crippen LogP contribution in [0.5, 0.6) is 0 Å². The molecule has 144 valence electrons. The molecule has 1 unspecified atom stereocenters. The Kier molecular flexibility index (Phi) is 5.03. The first-order chi connectivity index (χ1) is 13.6. The van der Waals surface area contributed by atoms with Gasteiger partial charge in [0.1, 0.15) is 10.2 Å². The molecule has 1 aliphatic heterocycles. The van der Waals surface area contributed by atoms with Crippen molar-refractivity contribution in [3.05, 3.63) is 51.1 Å². The second kappa shape index (κ2) is 7.62. The van der Waals surface area contributed by atoms with E-state index < -0.39 is 0 Å². The van der Waals surface area contributed by atoms with Gasteiger partial charge in [-0.25, -0.2) is 4.98 Å². The molecule has 1 aromatic carbocycles. The van der Waals surface area contributed by atoms with E-state index in [1.54, 1.807) is 10.6 Å². The summed E-state index contributed by atoms with van der Waals surface area (Å²) in [7, 11) is 1.83. The van der Waals surface area contributed by atoms with Crippen LogP contribution in [0.1, 0.15) is 24.0 Å². The molecule has 28 heavy (non-hydrogen) atoms. The zero-order valence-electron chi connectivity index (χ0n) is 15.7. The third-order valence-electron chi connectivity index (χ3n) is 5.13. The molecular weight excluding hydrogens is 372 g/mol. The number of hydrogen-bond acceptors (Lipinski definition) is 7. The van der Waals surface area contributed by atoms with Gasteiger partial charge in [0.05, 0.1) is 23.9 Å². The summed E-state index contributed by atoms with van der Waals surface area (Å²) in [5.41, 5.74) is 9.02. The van der Waals surface area contributed by atoms with Crippen LogP contribution in [0.15, 0.2) is 34.4 Å². The van der Waals surface area contributed by atoms with Crippen LogP contribution in [0, 0.1) is 11.3 Å². The molecule has 0 radical (unpaired) electrons. The number of thiophene rings is 1. The maximum atomic E-state index is 13.4. The molecule has 3 aromatic rings. The van der Waals surface area contributed by atoms with Gasteiger partial charge in [0.15, 0.2) is 0 Å². The number of nitrogens with zero attached hydrogens (tertiary/aromatic N) is 4. The normalized spacial score (nSPS) is 16.9. The quantitative estimate of drug-likeness (QED) is 0.705. The fourth-order valence-corrected chi connectivity index (χ4v) is 4.62. The zero-order chi connectivity index (χ0) is 19.7. The van der Waals surface area contributed by atoms with Crippen LogP contribution < -0.4 is 21.5 Å². The lowest BCUT2D eigenvalue weighted by Crippen LogP contribution is -2.45. The van der Waals surface area contributed by atoms with E-state index in [-0.39, 0.29) is 11.6 Å². The Morgan fingerprint density at radius 3 is 3.00 bits per heavy atom. The number of nitrogens with two attached hydrogens (primary N) is 1. The summed E-state index contributed by atoms with van der Waals surface area (Å²) in [6.07, 6.45) is 1.94. The summed E-state index contributed by atoms with van der Waals surface area (Å²) in [4.78, 5) is 20.3. The number of rotatable bonds is 4. The average Bonchev–Trinajstić information content (AvgIpc) is 3.13. The summed E-state index contributed by atoms with van der Waals surface area (Å²) in [5.74, 6) is 0.621. The number of fused-ring (bicyclic) bond motifs is 1. The first kappa shape index (κ1) is 18.5. The Labute approximate surface area is 167 Å². The molecule has 1 fully saturated rings. The largest absolute Gasteiger partial charge is 0.386 e. The fraction of sp³-hybridized carbons (Fsp3) is 0.350. The van der Waals surface area contributed by atoms with E-state index in [0.717, 1.165) is 30.6 Å². The Balaban J connectivity index is 1.90. The van der Waals surface area contributed by atoms with Gasteiger partial charge in [-0.15, -0.1) is 11.3 Å². The van der Waals surface area contributed by atoms with Crippen molar-refractivity contribution >= 4 is 33.2 Å². The summed E-state index contributed by atoms with van der Waals surface area (Å²) in [5, 5.41) is 14.5. The standard InChI is InChI=1S/C20H22N6OS/c1-23-16-12-28-18-17(16)24-20(25-8-4-7-15(22)11-25)26(19(18)27)10-14-6-3-2-5-13(14)9-21/h2-3,5-6,12,15,23H,4,7-8,10-11,22H2,1H3. The molecule has 4 rings (SSSR count). The Morgan fingerprint density at radius 1 is 1.43 bits per heavy atom. The lowest BCUT2D eigenvalue weighted by Gasteiger charge is -2.33. The lowest BCUT2D eigenvalue weighted by atomic mass is 10.1. The first-order valence-corrected chi connectivity index (χ1v) is 10.2. The fourth-order valence-electron chi connectivity index (χ4n) is 3.68. The van der Waals surface area contributed by atoms with Crippen LogP contribution in [0.25, 0.3) is 10.2 Å². The number of benzene rings is 1. The van der Waals surface area contributed by atoms with Gasteiger partial charge in [-0.05, 0) is 24.5 Å². The number of anilines is 2. The number of nitrogens with one attached hydrogen (secondary N) is 1. The van der Waals surface area contributed by atoms with Gasteiger partial charge in [-0.1, -0.05) is 18.2 Å². The number of nitriles is 1. The maximum Gasteiger partial charge on any atom is 0.273 e. The van der Waals surface area contributed by atoms with Gasteiger partial charge in [-0.2, -0.15) is 5.26 Å². The van der Waals surface area contributed by atoms with Crippen molar-refractivity contribution in [3.63, 3.8) is 0 Å². The molecule has 1 atom stereocenters. The summed E-state index contributed by atoms with van der Waals surface area (Å²) in [6.45, 7) is 1.78. The van der Waals surface area contributed by atoms with Gasteiger partial charge in [0.2, 0.25) is 5.95 Å². The predicted octanol–water partition coefficient (Wildman–Crippen LogP) is 2.35. The maximum absolute atomic E-state index is 13.4. The Hall–Kier alpha value is -2.89. The van der Waals surface area contributed by atoms with E-state index in [1.807, 2.05) is 30.6 Å². The molecule has 0 bridgehead atoms. The third kappa shape index (κ3) is 3.23. The van der Waals surface area contributed by atoms with Crippen molar-refractivity contribution in [2.45, 2.75) is 25.4 Å². The summed E-state index contributed by atoms with van der Waals surface area (Å²) < 4.78 is 2.30. The first-order valence-electron chi connectivity index (χ1n) is 9.30. The predicted molar refractivity (Wildman–Crippen MR) is 113 cm³/mol. The topological polar surface area (TPSA) is 100.0 Å². The second-order valence-corrected chi connectivity index (χ2v) is 7.88. The Bertz CT molecular complexity index is 1110. The highest BCUT2D eigenvalue weighted by atomic mass is 32.1. The average molecular weight is 395 g/mol. The molecule has 3 N–H and O–H groups in total. The molecule has 1 saturated heterocycles. The van der Waals surface area contributed by atoms with Gasteiger partial charge < -0.3 is 16.0 Å². The lowest BCUT2D eigenvalue weighted by molar-refractivity contribution is 0.492. The molecule has 7 nitrogen and oxygen atoms in total. The van der Waals surface area contributed by atoms with Crippen molar-refractivity contribution in [1.82, 2.24) is 9.55 Å². The van der Waals surface area contributed by atoms with E-state index in [9.17, 15) is 10.1 Å². The molecule has 2 aromatic heterocycles.